The number of aliphatic hydroxyl groups excluding tert-OH is 1. The van der Waals surface area contributed by atoms with E-state index in [0.29, 0.717) is 12.8 Å². The summed E-state index contributed by atoms with van der Waals surface area (Å²) in [5, 5.41) is 10.1. The molecule has 3 rings (SSSR count). The largest absolute Gasteiger partial charge is 0.392 e. The third kappa shape index (κ3) is 1.00. The highest BCUT2D eigenvalue weighted by Gasteiger charge is 2.53. The first-order valence-corrected chi connectivity index (χ1v) is 5.55. The molecule has 0 aliphatic heterocycles. The monoisotopic (exact) mass is 202 g/mol. The highest BCUT2D eigenvalue weighted by atomic mass is 16.3. The maximum absolute atomic E-state index is 12.0. The van der Waals surface area contributed by atoms with E-state index in [9.17, 15) is 9.90 Å². The average Bonchev–Trinajstić information content (AvgIpc) is 2.77. The van der Waals surface area contributed by atoms with Gasteiger partial charge in [-0.2, -0.15) is 0 Å². The van der Waals surface area contributed by atoms with Gasteiger partial charge in [-0.3, -0.25) is 4.79 Å². The van der Waals surface area contributed by atoms with E-state index in [1.165, 1.54) is 5.56 Å². The van der Waals surface area contributed by atoms with Gasteiger partial charge in [0.25, 0.3) is 0 Å². The standard InChI is InChI=1S/C13H14O2/c14-11-5-6-12(15)13(11)8-7-9-3-1-2-4-10(9)13/h1-4,11,14H,5-8H2/t11-,13-/m0/s1. The van der Waals surface area contributed by atoms with E-state index in [1.54, 1.807) is 0 Å². The number of carbonyl (C=O) groups is 1. The quantitative estimate of drug-likeness (QED) is 0.693. The number of Topliss-reactive ketones (excluding diaryl/α,β-unsaturated/α-hetero) is 1. The first-order chi connectivity index (χ1) is 7.25. The van der Waals surface area contributed by atoms with Crippen molar-refractivity contribution in [3.63, 3.8) is 0 Å². The second-order valence-corrected chi connectivity index (χ2v) is 4.61. The normalized spacial score (nSPS) is 33.7. The molecule has 78 valence electrons. The lowest BCUT2D eigenvalue weighted by Gasteiger charge is -2.27. The van der Waals surface area contributed by atoms with Gasteiger partial charge in [0.1, 0.15) is 5.78 Å². The molecule has 1 aromatic carbocycles. The summed E-state index contributed by atoms with van der Waals surface area (Å²) in [4.78, 5) is 12.0. The van der Waals surface area contributed by atoms with Crippen molar-refractivity contribution in [2.75, 3.05) is 0 Å². The van der Waals surface area contributed by atoms with Crippen LogP contribution >= 0.6 is 0 Å². The van der Waals surface area contributed by atoms with Gasteiger partial charge in [-0.25, -0.2) is 0 Å². The molecule has 2 aliphatic rings. The van der Waals surface area contributed by atoms with Gasteiger partial charge in [0.05, 0.1) is 11.5 Å². The van der Waals surface area contributed by atoms with E-state index in [2.05, 4.69) is 6.07 Å². The molecule has 1 saturated carbocycles. The van der Waals surface area contributed by atoms with Crippen LogP contribution in [0, 0.1) is 0 Å². The van der Waals surface area contributed by atoms with Crippen LogP contribution in [0.15, 0.2) is 24.3 Å². The topological polar surface area (TPSA) is 37.3 Å². The first kappa shape index (κ1) is 9.10. The minimum Gasteiger partial charge on any atom is -0.392 e. The summed E-state index contributed by atoms with van der Waals surface area (Å²) in [5.74, 6) is 0.236. The molecule has 2 atom stereocenters. The highest BCUT2D eigenvalue weighted by Crippen LogP contribution is 2.47. The molecular formula is C13H14O2. The number of benzene rings is 1. The molecular weight excluding hydrogens is 188 g/mol. The fraction of sp³-hybridized carbons (Fsp3) is 0.462. The van der Waals surface area contributed by atoms with Gasteiger partial charge in [-0.15, -0.1) is 0 Å². The molecule has 0 amide bonds. The molecule has 1 N–H and O–H groups in total. The van der Waals surface area contributed by atoms with E-state index in [1.807, 2.05) is 18.2 Å². The predicted molar refractivity (Wildman–Crippen MR) is 56.7 cm³/mol. The van der Waals surface area contributed by atoms with Crippen LogP contribution in [0.2, 0.25) is 0 Å². The summed E-state index contributed by atoms with van der Waals surface area (Å²) in [6.45, 7) is 0. The minimum atomic E-state index is -0.545. The Morgan fingerprint density at radius 2 is 2.07 bits per heavy atom. The zero-order valence-corrected chi connectivity index (χ0v) is 8.57. The smallest absolute Gasteiger partial charge is 0.146 e. The van der Waals surface area contributed by atoms with Gasteiger partial charge < -0.3 is 5.11 Å². The fourth-order valence-corrected chi connectivity index (χ4v) is 3.20. The number of fused-ring (bicyclic) bond motifs is 2. The summed E-state index contributed by atoms with van der Waals surface area (Å²) >= 11 is 0. The molecule has 0 aromatic heterocycles. The number of hydrogen-bond donors (Lipinski definition) is 1. The van der Waals surface area contributed by atoms with Crippen LogP contribution in [0.3, 0.4) is 0 Å². The number of carbonyl (C=O) groups excluding carboxylic acids is 1. The second-order valence-electron chi connectivity index (χ2n) is 4.61. The second kappa shape index (κ2) is 2.92. The Balaban J connectivity index is 2.19. The van der Waals surface area contributed by atoms with E-state index in [-0.39, 0.29) is 5.78 Å². The van der Waals surface area contributed by atoms with Crippen molar-refractivity contribution in [2.24, 2.45) is 0 Å². The van der Waals surface area contributed by atoms with Crippen molar-refractivity contribution in [3.05, 3.63) is 35.4 Å². The molecule has 1 fully saturated rings. The average molecular weight is 202 g/mol. The molecule has 1 aromatic rings. The summed E-state index contributed by atoms with van der Waals surface area (Å²) in [7, 11) is 0. The number of rotatable bonds is 0. The molecule has 0 unspecified atom stereocenters. The molecule has 0 saturated heterocycles. The lowest BCUT2D eigenvalue weighted by atomic mass is 9.78. The maximum atomic E-state index is 12.0. The zero-order chi connectivity index (χ0) is 10.5. The van der Waals surface area contributed by atoms with Gasteiger partial charge in [0, 0.05) is 6.42 Å². The molecule has 15 heavy (non-hydrogen) atoms. The zero-order valence-electron chi connectivity index (χ0n) is 8.57. The Morgan fingerprint density at radius 3 is 2.80 bits per heavy atom. The summed E-state index contributed by atoms with van der Waals surface area (Å²) in [5.41, 5.74) is 1.78. The van der Waals surface area contributed by atoms with Crippen LogP contribution in [0.25, 0.3) is 0 Å². The summed E-state index contributed by atoms with van der Waals surface area (Å²) < 4.78 is 0. The Hall–Kier alpha value is -1.15. The summed E-state index contributed by atoms with van der Waals surface area (Å²) in [6.07, 6.45) is 2.43. The van der Waals surface area contributed by atoms with E-state index in [4.69, 9.17) is 0 Å². The van der Waals surface area contributed by atoms with Crippen LogP contribution in [0.5, 0.6) is 0 Å². The number of ketones is 1. The van der Waals surface area contributed by atoms with Crippen molar-refractivity contribution in [2.45, 2.75) is 37.2 Å². The Labute approximate surface area is 88.9 Å². The van der Waals surface area contributed by atoms with Crippen LogP contribution in [0.1, 0.15) is 30.4 Å². The van der Waals surface area contributed by atoms with Gasteiger partial charge in [-0.05, 0) is 30.4 Å². The maximum Gasteiger partial charge on any atom is 0.146 e. The summed E-state index contributed by atoms with van der Waals surface area (Å²) in [6, 6.07) is 8.05. The number of aryl methyl sites for hydroxylation is 1. The Bertz CT molecular complexity index is 424. The van der Waals surface area contributed by atoms with Crippen molar-refractivity contribution >= 4 is 5.78 Å². The Kier molecular flexibility index (Phi) is 1.77. The van der Waals surface area contributed by atoms with E-state index >= 15 is 0 Å². The fourth-order valence-electron chi connectivity index (χ4n) is 3.20. The molecule has 0 bridgehead atoms. The molecule has 0 radical (unpaired) electrons. The third-order valence-corrected chi connectivity index (χ3v) is 4.00. The molecule has 0 heterocycles. The molecule has 1 spiro atoms. The lowest BCUT2D eigenvalue weighted by Crippen LogP contribution is -2.38. The van der Waals surface area contributed by atoms with Crippen molar-refractivity contribution in [3.8, 4) is 0 Å². The van der Waals surface area contributed by atoms with Crippen LogP contribution in [-0.4, -0.2) is 17.0 Å². The Morgan fingerprint density at radius 1 is 1.27 bits per heavy atom. The molecule has 2 aliphatic carbocycles. The van der Waals surface area contributed by atoms with Crippen molar-refractivity contribution in [1.82, 2.24) is 0 Å². The van der Waals surface area contributed by atoms with E-state index < -0.39 is 11.5 Å². The van der Waals surface area contributed by atoms with Gasteiger partial charge in [0.2, 0.25) is 0 Å². The highest BCUT2D eigenvalue weighted by molar-refractivity contribution is 5.94. The van der Waals surface area contributed by atoms with Gasteiger partial charge >= 0.3 is 0 Å². The first-order valence-electron chi connectivity index (χ1n) is 5.55. The molecule has 2 heteroatoms. The van der Waals surface area contributed by atoms with Gasteiger partial charge in [0.15, 0.2) is 0 Å². The van der Waals surface area contributed by atoms with E-state index in [0.717, 1.165) is 18.4 Å². The lowest BCUT2D eigenvalue weighted by molar-refractivity contribution is -0.124. The predicted octanol–water partition coefficient (Wildman–Crippen LogP) is 1.59. The van der Waals surface area contributed by atoms with Crippen LogP contribution in [0.4, 0.5) is 0 Å². The van der Waals surface area contributed by atoms with Crippen LogP contribution in [-0.2, 0) is 16.6 Å². The SMILES string of the molecule is O=C1CC[C@H](O)[C@@]12CCc1ccccc12. The number of hydrogen-bond acceptors (Lipinski definition) is 2. The minimum absolute atomic E-state index is 0.236. The van der Waals surface area contributed by atoms with Crippen LogP contribution < -0.4 is 0 Å². The van der Waals surface area contributed by atoms with Crippen molar-refractivity contribution < 1.29 is 9.90 Å². The number of aliphatic hydroxyl groups is 1. The van der Waals surface area contributed by atoms with Gasteiger partial charge in [-0.1, -0.05) is 24.3 Å². The third-order valence-electron chi connectivity index (χ3n) is 4.00. The van der Waals surface area contributed by atoms with Crippen molar-refractivity contribution in [1.29, 1.82) is 0 Å². The molecule has 2 nitrogen and oxygen atoms in total.